The van der Waals surface area contributed by atoms with Gasteiger partial charge in [-0.3, -0.25) is 10.1 Å². The summed E-state index contributed by atoms with van der Waals surface area (Å²) in [4.78, 5) is 13.8. The molecule has 0 fully saturated rings. The highest BCUT2D eigenvalue weighted by atomic mass is 127. The molecule has 0 saturated heterocycles. The maximum absolute atomic E-state index is 10.4. The van der Waals surface area contributed by atoms with Crippen molar-refractivity contribution in [3.63, 3.8) is 0 Å². The van der Waals surface area contributed by atoms with Gasteiger partial charge < -0.3 is 0 Å². The Balaban J connectivity index is 2.38. The van der Waals surface area contributed by atoms with Crippen LogP contribution in [0.25, 0.3) is 5.13 Å². The van der Waals surface area contributed by atoms with E-state index in [9.17, 15) is 10.1 Å². The van der Waals surface area contributed by atoms with E-state index in [2.05, 4.69) is 32.7 Å². The second kappa shape index (κ2) is 3.61. The van der Waals surface area contributed by atoms with Gasteiger partial charge in [-0.1, -0.05) is 0 Å². The highest BCUT2D eigenvalue weighted by molar-refractivity contribution is 14.1. The Morgan fingerprint density at radius 3 is 2.86 bits per heavy atom. The van der Waals surface area contributed by atoms with Crippen LogP contribution in [0.2, 0.25) is 0 Å². The van der Waals surface area contributed by atoms with Crippen LogP contribution in [0.4, 0.5) is 5.00 Å². The third-order valence-electron chi connectivity index (χ3n) is 1.41. The molecule has 2 rings (SSSR count). The van der Waals surface area contributed by atoms with E-state index < -0.39 is 4.92 Å². The molecule has 0 aliphatic rings. The van der Waals surface area contributed by atoms with Crippen molar-refractivity contribution < 1.29 is 4.92 Å². The average molecular weight is 322 g/mol. The first-order valence-electron chi connectivity index (χ1n) is 3.47. The first-order chi connectivity index (χ1) is 6.66. The lowest BCUT2D eigenvalue weighted by Crippen LogP contribution is -1.91. The fraction of sp³-hybridized carbons (Fsp3) is 0. The van der Waals surface area contributed by atoms with Gasteiger partial charge in [-0.15, -0.1) is 0 Å². The average Bonchev–Trinajstić information content (AvgIpc) is 2.70. The predicted octanol–water partition coefficient (Wildman–Crippen LogP) is 1.84. The topological polar surface area (TPSA) is 73.8 Å². The highest BCUT2D eigenvalue weighted by Gasteiger charge is 2.12. The molecule has 0 bridgehead atoms. The molecule has 0 radical (unpaired) electrons. The van der Waals surface area contributed by atoms with E-state index >= 15 is 0 Å². The summed E-state index contributed by atoms with van der Waals surface area (Å²) in [6, 6.07) is 0. The molecule has 0 atom stereocenters. The van der Waals surface area contributed by atoms with Crippen molar-refractivity contribution in [2.45, 2.75) is 0 Å². The maximum Gasteiger partial charge on any atom is 0.345 e. The molecule has 0 saturated carbocycles. The van der Waals surface area contributed by atoms with Crippen molar-refractivity contribution in [3.05, 3.63) is 32.3 Å². The number of hydrogen-bond donors (Lipinski definition) is 0. The molecule has 2 heterocycles. The molecule has 0 spiro atoms. The lowest BCUT2D eigenvalue weighted by Gasteiger charge is -1.89. The number of hydrogen-bond acceptors (Lipinski definition) is 5. The summed E-state index contributed by atoms with van der Waals surface area (Å²) in [5.41, 5.74) is 0. The van der Waals surface area contributed by atoms with E-state index in [1.807, 2.05) is 0 Å². The third kappa shape index (κ3) is 1.75. The number of thiazole rings is 1. The predicted molar refractivity (Wildman–Crippen MR) is 58.6 cm³/mol. The van der Waals surface area contributed by atoms with Crippen molar-refractivity contribution >= 4 is 38.9 Å². The Morgan fingerprint density at radius 1 is 1.57 bits per heavy atom. The van der Waals surface area contributed by atoms with Crippen molar-refractivity contribution in [1.82, 2.24) is 14.8 Å². The number of rotatable bonds is 2. The van der Waals surface area contributed by atoms with E-state index in [1.165, 1.54) is 10.9 Å². The summed E-state index contributed by atoms with van der Waals surface area (Å²) >= 11 is 3.10. The van der Waals surface area contributed by atoms with Crippen LogP contribution in [0, 0.1) is 13.7 Å². The number of aromatic nitrogens is 3. The minimum atomic E-state index is -0.463. The Labute approximate surface area is 95.9 Å². The fourth-order valence-corrected chi connectivity index (χ4v) is 1.91. The third-order valence-corrected chi connectivity index (χ3v) is 2.90. The Hall–Kier alpha value is -1.03. The van der Waals surface area contributed by atoms with E-state index in [0.29, 0.717) is 5.13 Å². The minimum absolute atomic E-state index is 0.0190. The Bertz CT molecular complexity index is 480. The monoisotopic (exact) mass is 322 g/mol. The smallest absolute Gasteiger partial charge is 0.257 e. The van der Waals surface area contributed by atoms with Gasteiger partial charge in [0.2, 0.25) is 5.13 Å². The summed E-state index contributed by atoms with van der Waals surface area (Å²) in [7, 11) is 0. The molecular formula is C6H3IN4O2S. The highest BCUT2D eigenvalue weighted by Crippen LogP contribution is 2.23. The number of nitro groups is 1. The number of nitrogens with zero attached hydrogens (tertiary/aromatic N) is 4. The second-order valence-electron chi connectivity index (χ2n) is 2.34. The largest absolute Gasteiger partial charge is 0.345 e. The molecular weight excluding hydrogens is 319 g/mol. The van der Waals surface area contributed by atoms with Crippen molar-refractivity contribution in [3.8, 4) is 5.13 Å². The van der Waals surface area contributed by atoms with Crippen LogP contribution >= 0.6 is 33.9 Å². The van der Waals surface area contributed by atoms with Crippen molar-refractivity contribution in [2.24, 2.45) is 0 Å². The van der Waals surface area contributed by atoms with E-state index in [1.54, 1.807) is 12.4 Å². The van der Waals surface area contributed by atoms with Gasteiger partial charge in [0.15, 0.2) is 0 Å². The lowest BCUT2D eigenvalue weighted by atomic mass is 10.7. The molecule has 2 aromatic heterocycles. The van der Waals surface area contributed by atoms with Gasteiger partial charge in [0.05, 0.1) is 14.7 Å². The first kappa shape index (κ1) is 9.52. The molecule has 0 aliphatic heterocycles. The van der Waals surface area contributed by atoms with Gasteiger partial charge in [-0.05, 0) is 33.9 Å². The van der Waals surface area contributed by atoms with Gasteiger partial charge in [-0.2, -0.15) is 5.10 Å². The zero-order valence-corrected chi connectivity index (χ0v) is 9.60. The molecule has 6 nitrogen and oxygen atoms in total. The summed E-state index contributed by atoms with van der Waals surface area (Å²) in [5, 5.41) is 14.9. The Kier molecular flexibility index (Phi) is 2.46. The summed E-state index contributed by atoms with van der Waals surface area (Å²) < 4.78 is 2.47. The van der Waals surface area contributed by atoms with Crippen LogP contribution < -0.4 is 0 Å². The molecule has 0 amide bonds. The molecule has 72 valence electrons. The Morgan fingerprint density at radius 2 is 2.36 bits per heavy atom. The lowest BCUT2D eigenvalue weighted by molar-refractivity contribution is -0.380. The fourth-order valence-electron chi connectivity index (χ4n) is 0.852. The first-order valence-corrected chi connectivity index (χ1v) is 5.37. The van der Waals surface area contributed by atoms with Gasteiger partial charge in [-0.25, -0.2) is 9.67 Å². The second-order valence-corrected chi connectivity index (χ2v) is 4.57. The molecule has 0 aromatic carbocycles. The number of halogens is 1. The summed E-state index contributed by atoms with van der Waals surface area (Å²) in [6.45, 7) is 0. The summed E-state index contributed by atoms with van der Waals surface area (Å²) in [6.07, 6.45) is 4.64. The summed E-state index contributed by atoms with van der Waals surface area (Å²) in [5.74, 6) is 0. The quantitative estimate of drug-likeness (QED) is 0.480. The zero-order chi connectivity index (χ0) is 10.1. The molecule has 0 aliphatic carbocycles. The molecule has 2 aromatic rings. The van der Waals surface area contributed by atoms with Crippen LogP contribution in [0.1, 0.15) is 0 Å². The van der Waals surface area contributed by atoms with Crippen LogP contribution in [0.3, 0.4) is 0 Å². The van der Waals surface area contributed by atoms with Gasteiger partial charge in [0.1, 0.15) is 6.20 Å². The SMILES string of the molecule is O=[N+]([O-])c1cnc(-n2cc(I)cn2)s1. The molecule has 14 heavy (non-hydrogen) atoms. The van der Waals surface area contributed by atoms with Gasteiger partial charge >= 0.3 is 5.00 Å². The van der Waals surface area contributed by atoms with E-state index in [0.717, 1.165) is 14.9 Å². The zero-order valence-electron chi connectivity index (χ0n) is 6.62. The van der Waals surface area contributed by atoms with Crippen LogP contribution in [-0.2, 0) is 0 Å². The normalized spacial score (nSPS) is 10.4. The van der Waals surface area contributed by atoms with Gasteiger partial charge in [0.25, 0.3) is 0 Å². The van der Waals surface area contributed by atoms with Crippen molar-refractivity contribution in [1.29, 1.82) is 0 Å². The van der Waals surface area contributed by atoms with Crippen LogP contribution in [0.5, 0.6) is 0 Å². The van der Waals surface area contributed by atoms with E-state index in [-0.39, 0.29) is 5.00 Å². The molecule has 0 N–H and O–H groups in total. The molecule has 8 heteroatoms. The van der Waals surface area contributed by atoms with Crippen molar-refractivity contribution in [2.75, 3.05) is 0 Å². The minimum Gasteiger partial charge on any atom is -0.257 e. The molecule has 0 unspecified atom stereocenters. The maximum atomic E-state index is 10.4. The van der Waals surface area contributed by atoms with Gasteiger partial charge in [0, 0.05) is 6.20 Å². The standard InChI is InChI=1S/C6H3IN4O2S/c7-4-1-9-10(3-4)6-8-2-5(14-6)11(12)13/h1-3H. The van der Waals surface area contributed by atoms with Crippen LogP contribution in [-0.4, -0.2) is 19.7 Å². The van der Waals surface area contributed by atoms with E-state index in [4.69, 9.17) is 0 Å². The van der Waals surface area contributed by atoms with Crippen LogP contribution in [0.15, 0.2) is 18.6 Å².